The van der Waals surface area contributed by atoms with Gasteiger partial charge in [-0.25, -0.2) is 4.98 Å². The molecule has 0 aliphatic rings. The van der Waals surface area contributed by atoms with E-state index in [9.17, 15) is 9.59 Å². The quantitative estimate of drug-likeness (QED) is 0.597. The van der Waals surface area contributed by atoms with Crippen LogP contribution in [0.3, 0.4) is 0 Å². The first kappa shape index (κ1) is 19.4. The molecule has 0 aliphatic heterocycles. The van der Waals surface area contributed by atoms with E-state index in [0.717, 1.165) is 11.3 Å². The molecule has 0 saturated carbocycles. The molecule has 1 aromatic heterocycles. The molecular weight excluding hydrogens is 360 g/mol. The zero-order chi connectivity index (χ0) is 19.9. The molecule has 7 nitrogen and oxygen atoms in total. The number of esters is 1. The maximum absolute atomic E-state index is 12.2. The molecule has 146 valence electrons. The second-order valence-corrected chi connectivity index (χ2v) is 6.15. The SMILES string of the molecule is CCOc1ccc(NC(=O)[C@H](C)OC(=O)CCc2nc3ccccc3o2)cc1. The highest BCUT2D eigenvalue weighted by atomic mass is 16.5. The fourth-order valence-corrected chi connectivity index (χ4v) is 2.59. The van der Waals surface area contributed by atoms with Crippen molar-refractivity contribution in [2.45, 2.75) is 32.8 Å². The molecule has 3 aromatic rings. The van der Waals surface area contributed by atoms with E-state index in [4.69, 9.17) is 13.9 Å². The van der Waals surface area contributed by atoms with Crippen LogP contribution in [0.1, 0.15) is 26.2 Å². The highest BCUT2D eigenvalue weighted by Gasteiger charge is 2.18. The normalized spacial score (nSPS) is 11.8. The number of hydrogen-bond acceptors (Lipinski definition) is 6. The van der Waals surface area contributed by atoms with Crippen LogP contribution in [0.4, 0.5) is 5.69 Å². The first-order valence-corrected chi connectivity index (χ1v) is 9.13. The number of anilines is 1. The Bertz CT molecular complexity index is 916. The molecule has 0 unspecified atom stereocenters. The van der Waals surface area contributed by atoms with Gasteiger partial charge in [0.15, 0.2) is 17.6 Å². The van der Waals surface area contributed by atoms with Gasteiger partial charge in [0.25, 0.3) is 5.91 Å². The first-order chi connectivity index (χ1) is 13.5. The minimum Gasteiger partial charge on any atom is -0.494 e. The van der Waals surface area contributed by atoms with Crippen molar-refractivity contribution >= 4 is 28.7 Å². The third-order valence-electron chi connectivity index (χ3n) is 3.99. The van der Waals surface area contributed by atoms with Gasteiger partial charge in [0.1, 0.15) is 11.3 Å². The number of fused-ring (bicyclic) bond motifs is 1. The Kier molecular flexibility index (Phi) is 6.26. The van der Waals surface area contributed by atoms with E-state index in [1.54, 1.807) is 24.3 Å². The fraction of sp³-hybridized carbons (Fsp3) is 0.286. The van der Waals surface area contributed by atoms with Crippen molar-refractivity contribution in [1.29, 1.82) is 0 Å². The second kappa shape index (κ2) is 9.03. The summed E-state index contributed by atoms with van der Waals surface area (Å²) in [5, 5.41) is 2.71. The lowest BCUT2D eigenvalue weighted by molar-refractivity contribution is -0.153. The summed E-state index contributed by atoms with van der Waals surface area (Å²) < 4.78 is 16.1. The maximum atomic E-state index is 12.2. The Balaban J connectivity index is 1.46. The smallest absolute Gasteiger partial charge is 0.307 e. The van der Waals surface area contributed by atoms with Gasteiger partial charge < -0.3 is 19.2 Å². The average molecular weight is 382 g/mol. The number of oxazole rings is 1. The van der Waals surface area contributed by atoms with E-state index in [1.165, 1.54) is 6.92 Å². The Morgan fingerprint density at radius 2 is 1.89 bits per heavy atom. The topological polar surface area (TPSA) is 90.7 Å². The molecule has 28 heavy (non-hydrogen) atoms. The van der Waals surface area contributed by atoms with Gasteiger partial charge in [-0.1, -0.05) is 12.1 Å². The van der Waals surface area contributed by atoms with Crippen molar-refractivity contribution in [2.24, 2.45) is 0 Å². The van der Waals surface area contributed by atoms with Crippen LogP contribution in [0, 0.1) is 0 Å². The van der Waals surface area contributed by atoms with Crippen molar-refractivity contribution in [3.63, 3.8) is 0 Å². The number of carbonyl (C=O) groups excluding carboxylic acids is 2. The summed E-state index contributed by atoms with van der Waals surface area (Å²) in [5.41, 5.74) is 2.02. The number of rotatable bonds is 8. The number of benzene rings is 2. The number of nitrogens with one attached hydrogen (secondary N) is 1. The summed E-state index contributed by atoms with van der Waals surface area (Å²) >= 11 is 0. The predicted octanol–water partition coefficient (Wildman–Crippen LogP) is 3.73. The van der Waals surface area contributed by atoms with Gasteiger partial charge in [-0.3, -0.25) is 9.59 Å². The molecule has 0 fully saturated rings. The van der Waals surface area contributed by atoms with E-state index in [2.05, 4.69) is 10.3 Å². The van der Waals surface area contributed by atoms with E-state index in [-0.39, 0.29) is 6.42 Å². The summed E-state index contributed by atoms with van der Waals surface area (Å²) in [4.78, 5) is 28.5. The van der Waals surface area contributed by atoms with Crippen molar-refractivity contribution in [3.05, 3.63) is 54.4 Å². The highest BCUT2D eigenvalue weighted by molar-refractivity contribution is 5.95. The lowest BCUT2D eigenvalue weighted by Crippen LogP contribution is -2.30. The van der Waals surface area contributed by atoms with Crippen LogP contribution in [0.2, 0.25) is 0 Å². The van der Waals surface area contributed by atoms with Crippen molar-refractivity contribution < 1.29 is 23.5 Å². The Labute approximate surface area is 162 Å². The largest absolute Gasteiger partial charge is 0.494 e. The monoisotopic (exact) mass is 382 g/mol. The molecule has 7 heteroatoms. The minimum absolute atomic E-state index is 0.0769. The molecule has 0 radical (unpaired) electrons. The van der Waals surface area contributed by atoms with Gasteiger partial charge in [-0.05, 0) is 50.2 Å². The third-order valence-corrected chi connectivity index (χ3v) is 3.99. The molecule has 0 spiro atoms. The average Bonchev–Trinajstić information content (AvgIpc) is 3.11. The Morgan fingerprint density at radius 1 is 1.14 bits per heavy atom. The van der Waals surface area contributed by atoms with Crippen molar-refractivity contribution in [1.82, 2.24) is 4.98 Å². The Morgan fingerprint density at radius 3 is 2.61 bits per heavy atom. The summed E-state index contributed by atoms with van der Waals surface area (Å²) in [6.07, 6.45) is -0.531. The molecule has 1 amide bonds. The van der Waals surface area contributed by atoms with Crippen LogP contribution in [-0.4, -0.2) is 29.6 Å². The van der Waals surface area contributed by atoms with E-state index in [1.807, 2.05) is 31.2 Å². The van der Waals surface area contributed by atoms with Gasteiger partial charge in [-0.2, -0.15) is 0 Å². The van der Waals surface area contributed by atoms with Gasteiger partial charge in [-0.15, -0.1) is 0 Å². The van der Waals surface area contributed by atoms with E-state index < -0.39 is 18.0 Å². The number of aryl methyl sites for hydroxylation is 1. The number of ether oxygens (including phenoxy) is 2. The van der Waals surface area contributed by atoms with Gasteiger partial charge in [0.05, 0.1) is 13.0 Å². The molecule has 0 bridgehead atoms. The molecular formula is C21H22N2O5. The molecule has 2 aromatic carbocycles. The van der Waals surface area contributed by atoms with Crippen LogP contribution in [0.15, 0.2) is 52.9 Å². The van der Waals surface area contributed by atoms with Crippen LogP contribution >= 0.6 is 0 Å². The number of amides is 1. The minimum atomic E-state index is -0.914. The summed E-state index contributed by atoms with van der Waals surface area (Å²) in [5.74, 6) is 0.291. The van der Waals surface area contributed by atoms with Crippen LogP contribution in [0.25, 0.3) is 11.1 Å². The lowest BCUT2D eigenvalue weighted by Gasteiger charge is -2.13. The highest BCUT2D eigenvalue weighted by Crippen LogP contribution is 2.17. The molecule has 3 rings (SSSR count). The van der Waals surface area contributed by atoms with Crippen molar-refractivity contribution in [2.75, 3.05) is 11.9 Å². The summed E-state index contributed by atoms with van der Waals surface area (Å²) in [6, 6.07) is 14.4. The Hall–Kier alpha value is -3.35. The van der Waals surface area contributed by atoms with Crippen LogP contribution in [-0.2, 0) is 20.7 Å². The number of nitrogens with zero attached hydrogens (tertiary/aromatic N) is 1. The van der Waals surface area contributed by atoms with Crippen molar-refractivity contribution in [3.8, 4) is 5.75 Å². The number of aromatic nitrogens is 1. The van der Waals surface area contributed by atoms with E-state index >= 15 is 0 Å². The molecule has 0 aliphatic carbocycles. The van der Waals surface area contributed by atoms with Gasteiger partial charge in [0, 0.05) is 12.1 Å². The lowest BCUT2D eigenvalue weighted by atomic mass is 10.2. The third kappa shape index (κ3) is 5.09. The number of hydrogen-bond donors (Lipinski definition) is 1. The molecule has 1 N–H and O–H groups in total. The zero-order valence-electron chi connectivity index (χ0n) is 15.8. The first-order valence-electron chi connectivity index (χ1n) is 9.13. The maximum Gasteiger partial charge on any atom is 0.307 e. The van der Waals surface area contributed by atoms with Gasteiger partial charge >= 0.3 is 5.97 Å². The van der Waals surface area contributed by atoms with Gasteiger partial charge in [0.2, 0.25) is 0 Å². The van der Waals surface area contributed by atoms with E-state index in [0.29, 0.717) is 30.2 Å². The molecule has 1 heterocycles. The summed E-state index contributed by atoms with van der Waals surface area (Å²) in [7, 11) is 0. The van der Waals surface area contributed by atoms with Crippen LogP contribution in [0.5, 0.6) is 5.75 Å². The standard InChI is InChI=1S/C21H22N2O5/c1-3-26-16-10-8-15(9-11-16)22-21(25)14(2)27-20(24)13-12-19-23-17-6-4-5-7-18(17)28-19/h4-11,14H,3,12-13H2,1-2H3,(H,22,25)/t14-/m0/s1. The zero-order valence-corrected chi connectivity index (χ0v) is 15.8. The fourth-order valence-electron chi connectivity index (χ4n) is 2.59. The van der Waals surface area contributed by atoms with Crippen LogP contribution < -0.4 is 10.1 Å². The molecule has 1 atom stereocenters. The molecule has 0 saturated heterocycles. The number of carbonyl (C=O) groups is 2. The summed E-state index contributed by atoms with van der Waals surface area (Å²) in [6.45, 7) is 4.00. The second-order valence-electron chi connectivity index (χ2n) is 6.15. The number of para-hydroxylation sites is 2. The predicted molar refractivity (Wildman–Crippen MR) is 104 cm³/mol.